The van der Waals surface area contributed by atoms with Crippen LogP contribution in [0.25, 0.3) is 10.9 Å². The number of H-pyrrole nitrogens is 1. The van der Waals surface area contributed by atoms with E-state index in [0.717, 1.165) is 0 Å². The maximum absolute atomic E-state index is 11.2. The second-order valence-electron chi connectivity index (χ2n) is 6.86. The molecule has 1 aromatic heterocycles. The predicted octanol–water partition coefficient (Wildman–Crippen LogP) is 6.36. The van der Waals surface area contributed by atoms with Crippen molar-refractivity contribution < 1.29 is 14.6 Å². The molecule has 5 heteroatoms. The van der Waals surface area contributed by atoms with Crippen LogP contribution in [-0.2, 0) is 0 Å². The predicted molar refractivity (Wildman–Crippen MR) is 103 cm³/mol. The first kappa shape index (κ1) is 17.0. The Morgan fingerprint density at radius 3 is 2.50 bits per heavy atom. The standard InChI is InChI=1S/C21H20ClNO3/c22-15-10-18-17(12-19(23-18)21(24)25)20(11-15)26-16-8-6-14(7-9-16)13-4-2-1-3-5-13/h6-13,23H,1-5H2,(H,24,25). The molecule has 4 rings (SSSR count). The van der Waals surface area contributed by atoms with Gasteiger partial charge >= 0.3 is 5.97 Å². The van der Waals surface area contributed by atoms with Gasteiger partial charge in [-0.15, -0.1) is 0 Å². The van der Waals surface area contributed by atoms with E-state index in [4.69, 9.17) is 16.3 Å². The van der Waals surface area contributed by atoms with E-state index < -0.39 is 5.97 Å². The minimum atomic E-state index is -1.01. The fraction of sp³-hybridized carbons (Fsp3) is 0.286. The van der Waals surface area contributed by atoms with Crippen LogP contribution in [0, 0.1) is 0 Å². The topological polar surface area (TPSA) is 62.3 Å². The number of carboxylic acid groups (broad SMARTS) is 1. The van der Waals surface area contributed by atoms with Crippen LogP contribution in [0.2, 0.25) is 5.02 Å². The summed E-state index contributed by atoms with van der Waals surface area (Å²) in [5.41, 5.74) is 2.12. The summed E-state index contributed by atoms with van der Waals surface area (Å²) in [5, 5.41) is 10.4. The Bertz CT molecular complexity index is 940. The average molecular weight is 370 g/mol. The Labute approximate surface area is 156 Å². The molecule has 0 bridgehead atoms. The van der Waals surface area contributed by atoms with Crippen molar-refractivity contribution >= 4 is 28.5 Å². The molecule has 0 aliphatic heterocycles. The van der Waals surface area contributed by atoms with Crippen molar-refractivity contribution in [3.63, 3.8) is 0 Å². The van der Waals surface area contributed by atoms with Gasteiger partial charge in [-0.3, -0.25) is 0 Å². The third-order valence-corrected chi connectivity index (χ3v) is 5.30. The highest BCUT2D eigenvalue weighted by molar-refractivity contribution is 6.31. The lowest BCUT2D eigenvalue weighted by molar-refractivity contribution is 0.0691. The number of nitrogens with one attached hydrogen (secondary N) is 1. The third kappa shape index (κ3) is 3.42. The number of aromatic nitrogens is 1. The molecule has 2 N–H and O–H groups in total. The number of carboxylic acids is 1. The average Bonchev–Trinajstić information content (AvgIpc) is 3.08. The maximum Gasteiger partial charge on any atom is 0.352 e. The zero-order chi connectivity index (χ0) is 18.1. The lowest BCUT2D eigenvalue weighted by atomic mass is 9.84. The van der Waals surface area contributed by atoms with Crippen molar-refractivity contribution in [2.24, 2.45) is 0 Å². The second kappa shape index (κ2) is 7.04. The summed E-state index contributed by atoms with van der Waals surface area (Å²) in [6.07, 6.45) is 6.48. The van der Waals surface area contributed by atoms with E-state index in [9.17, 15) is 9.90 Å². The monoisotopic (exact) mass is 369 g/mol. The molecular formula is C21H20ClNO3. The van der Waals surface area contributed by atoms with Crippen LogP contribution in [0.4, 0.5) is 0 Å². The molecule has 0 radical (unpaired) electrons. The van der Waals surface area contributed by atoms with Gasteiger partial charge in [-0.05, 0) is 48.6 Å². The number of hydrogen-bond acceptors (Lipinski definition) is 2. The summed E-state index contributed by atoms with van der Waals surface area (Å²) in [7, 11) is 0. The zero-order valence-electron chi connectivity index (χ0n) is 14.3. The number of halogens is 1. The summed E-state index contributed by atoms with van der Waals surface area (Å²) in [5.74, 6) is 0.895. The van der Waals surface area contributed by atoms with E-state index in [-0.39, 0.29) is 5.69 Å². The Hall–Kier alpha value is -2.46. The van der Waals surface area contributed by atoms with Crippen LogP contribution >= 0.6 is 11.6 Å². The molecule has 1 fully saturated rings. The number of fused-ring (bicyclic) bond motifs is 1. The van der Waals surface area contributed by atoms with Gasteiger partial charge in [-0.2, -0.15) is 0 Å². The lowest BCUT2D eigenvalue weighted by Crippen LogP contribution is -2.04. The van der Waals surface area contributed by atoms with Gasteiger partial charge in [0.25, 0.3) is 0 Å². The molecule has 0 amide bonds. The van der Waals surface area contributed by atoms with Gasteiger partial charge in [-0.25, -0.2) is 4.79 Å². The van der Waals surface area contributed by atoms with E-state index in [1.807, 2.05) is 12.1 Å². The SMILES string of the molecule is O=C(O)c1cc2c(Oc3ccc(C4CCCCC4)cc3)cc(Cl)cc2[nH]1. The molecule has 1 aliphatic rings. The largest absolute Gasteiger partial charge is 0.477 e. The fourth-order valence-electron chi connectivity index (χ4n) is 3.74. The molecule has 0 unspecified atom stereocenters. The molecule has 4 nitrogen and oxygen atoms in total. The maximum atomic E-state index is 11.2. The highest BCUT2D eigenvalue weighted by atomic mass is 35.5. The number of hydrogen-bond donors (Lipinski definition) is 2. The Morgan fingerprint density at radius 2 is 1.81 bits per heavy atom. The van der Waals surface area contributed by atoms with E-state index >= 15 is 0 Å². The molecule has 2 aromatic carbocycles. The van der Waals surface area contributed by atoms with Crippen LogP contribution in [-0.4, -0.2) is 16.1 Å². The molecule has 1 aliphatic carbocycles. The Kier molecular flexibility index (Phi) is 4.60. The Balaban J connectivity index is 1.61. The van der Waals surface area contributed by atoms with Crippen LogP contribution in [0.15, 0.2) is 42.5 Å². The van der Waals surface area contributed by atoms with Gasteiger partial charge in [0, 0.05) is 16.5 Å². The molecule has 0 atom stereocenters. The van der Waals surface area contributed by atoms with Crippen molar-refractivity contribution in [2.75, 3.05) is 0 Å². The smallest absolute Gasteiger partial charge is 0.352 e. The minimum Gasteiger partial charge on any atom is -0.477 e. The first-order valence-corrected chi connectivity index (χ1v) is 9.31. The van der Waals surface area contributed by atoms with E-state index in [0.29, 0.717) is 33.3 Å². The van der Waals surface area contributed by atoms with E-state index in [1.165, 1.54) is 37.7 Å². The van der Waals surface area contributed by atoms with Gasteiger partial charge in [0.15, 0.2) is 0 Å². The van der Waals surface area contributed by atoms with E-state index in [2.05, 4.69) is 17.1 Å². The molecule has 1 saturated carbocycles. The number of carbonyl (C=O) groups is 1. The number of ether oxygens (including phenoxy) is 1. The number of aromatic amines is 1. The molecular weight excluding hydrogens is 350 g/mol. The summed E-state index contributed by atoms with van der Waals surface area (Å²) in [6, 6.07) is 13.2. The van der Waals surface area contributed by atoms with Crippen molar-refractivity contribution in [2.45, 2.75) is 38.0 Å². The lowest BCUT2D eigenvalue weighted by Gasteiger charge is -2.22. The van der Waals surface area contributed by atoms with Gasteiger partial charge < -0.3 is 14.8 Å². The van der Waals surface area contributed by atoms with Crippen LogP contribution < -0.4 is 4.74 Å². The van der Waals surface area contributed by atoms with Crippen molar-refractivity contribution in [3.8, 4) is 11.5 Å². The molecule has 1 heterocycles. The van der Waals surface area contributed by atoms with E-state index in [1.54, 1.807) is 18.2 Å². The van der Waals surface area contributed by atoms with Crippen molar-refractivity contribution in [1.29, 1.82) is 0 Å². The first-order chi connectivity index (χ1) is 12.6. The quantitative estimate of drug-likeness (QED) is 0.562. The van der Waals surface area contributed by atoms with Crippen molar-refractivity contribution in [1.82, 2.24) is 4.98 Å². The molecule has 134 valence electrons. The van der Waals surface area contributed by atoms with Gasteiger partial charge in [0.2, 0.25) is 0 Å². The summed E-state index contributed by atoms with van der Waals surface area (Å²) >= 11 is 6.16. The second-order valence-corrected chi connectivity index (χ2v) is 7.30. The summed E-state index contributed by atoms with van der Waals surface area (Å²) in [4.78, 5) is 14.1. The Morgan fingerprint density at radius 1 is 1.08 bits per heavy atom. The van der Waals surface area contributed by atoms with Crippen LogP contribution in [0.1, 0.15) is 54.1 Å². The normalized spacial score (nSPS) is 15.3. The molecule has 0 spiro atoms. The zero-order valence-corrected chi connectivity index (χ0v) is 15.1. The number of benzene rings is 2. The third-order valence-electron chi connectivity index (χ3n) is 5.08. The summed E-state index contributed by atoms with van der Waals surface area (Å²) in [6.45, 7) is 0. The van der Waals surface area contributed by atoms with Gasteiger partial charge in [-0.1, -0.05) is 43.0 Å². The fourth-order valence-corrected chi connectivity index (χ4v) is 3.95. The van der Waals surface area contributed by atoms with Gasteiger partial charge in [0.1, 0.15) is 17.2 Å². The molecule has 26 heavy (non-hydrogen) atoms. The van der Waals surface area contributed by atoms with Crippen molar-refractivity contribution in [3.05, 3.63) is 58.7 Å². The molecule has 3 aromatic rings. The highest BCUT2D eigenvalue weighted by Gasteiger charge is 2.16. The molecule has 0 saturated heterocycles. The van der Waals surface area contributed by atoms with Gasteiger partial charge in [0.05, 0.1) is 5.52 Å². The minimum absolute atomic E-state index is 0.111. The van der Waals surface area contributed by atoms with Crippen LogP contribution in [0.5, 0.6) is 11.5 Å². The number of rotatable bonds is 4. The number of aromatic carboxylic acids is 1. The first-order valence-electron chi connectivity index (χ1n) is 8.93. The summed E-state index contributed by atoms with van der Waals surface area (Å²) < 4.78 is 6.01. The highest BCUT2D eigenvalue weighted by Crippen LogP contribution is 2.36. The van der Waals surface area contributed by atoms with Crippen LogP contribution in [0.3, 0.4) is 0 Å².